The zero-order chi connectivity index (χ0) is 25.8. The van der Waals surface area contributed by atoms with Gasteiger partial charge in [-0.1, -0.05) is 80.1 Å². The first-order valence-corrected chi connectivity index (χ1v) is 12.7. The molecule has 0 fully saturated rings. The van der Waals surface area contributed by atoms with E-state index >= 15 is 0 Å². The molecule has 0 aromatic heterocycles. The molecule has 0 aliphatic heterocycles. The number of nitrogens with one attached hydrogen (secondary N) is 1. The fourth-order valence-corrected chi connectivity index (χ4v) is 4.05. The number of aryl methyl sites for hydroxylation is 1. The minimum atomic E-state index is -0.475. The van der Waals surface area contributed by atoms with Crippen LogP contribution in [0.1, 0.15) is 61.9 Å². The maximum absolute atomic E-state index is 13.0. The number of carbonyl (C=O) groups excluding carboxylic acids is 3. The highest BCUT2D eigenvalue weighted by Crippen LogP contribution is 2.24. The van der Waals surface area contributed by atoms with Gasteiger partial charge in [0.25, 0.3) is 0 Å². The third-order valence-electron chi connectivity index (χ3n) is 6.14. The van der Waals surface area contributed by atoms with Crippen LogP contribution >= 0.6 is 0 Å². The normalized spacial score (nSPS) is 11.5. The zero-order valence-electron chi connectivity index (χ0n) is 21.2. The van der Waals surface area contributed by atoms with Crippen LogP contribution in [0.5, 0.6) is 0 Å². The highest BCUT2D eigenvalue weighted by molar-refractivity contribution is 5.98. The highest BCUT2D eigenvalue weighted by Gasteiger charge is 2.24. The van der Waals surface area contributed by atoms with Crippen molar-refractivity contribution in [2.24, 2.45) is 5.92 Å². The molecule has 0 bridgehead atoms. The quantitative estimate of drug-likeness (QED) is 0.212. The summed E-state index contributed by atoms with van der Waals surface area (Å²) in [5.41, 5.74) is 4.45. The Hall–Kier alpha value is -3.73. The molecule has 1 atom stereocenters. The topological polar surface area (TPSA) is 72.5 Å². The van der Waals surface area contributed by atoms with Gasteiger partial charge in [-0.05, 0) is 55.0 Å². The Morgan fingerprint density at radius 1 is 0.833 bits per heavy atom. The summed E-state index contributed by atoms with van der Waals surface area (Å²) >= 11 is 0. The van der Waals surface area contributed by atoms with E-state index in [2.05, 4.69) is 12.2 Å². The second kappa shape index (κ2) is 14.0. The van der Waals surface area contributed by atoms with Gasteiger partial charge in [0.2, 0.25) is 5.91 Å². The molecule has 0 aliphatic carbocycles. The number of esters is 1. The van der Waals surface area contributed by atoms with Crippen molar-refractivity contribution in [2.75, 3.05) is 11.9 Å². The minimum Gasteiger partial charge on any atom is -0.466 e. The van der Waals surface area contributed by atoms with Crippen LogP contribution in [-0.4, -0.2) is 24.3 Å². The number of rotatable bonds is 13. The average Bonchev–Trinajstić information content (AvgIpc) is 2.91. The predicted octanol–water partition coefficient (Wildman–Crippen LogP) is 6.87. The molecule has 0 heterocycles. The molecule has 188 valence electrons. The van der Waals surface area contributed by atoms with Gasteiger partial charge in [0.1, 0.15) is 0 Å². The molecule has 5 nitrogen and oxygen atoms in total. The number of hydrogen-bond acceptors (Lipinski definition) is 4. The van der Waals surface area contributed by atoms with E-state index < -0.39 is 5.92 Å². The highest BCUT2D eigenvalue weighted by atomic mass is 16.5. The molecule has 0 saturated carbocycles. The SMILES string of the molecule is CCCCC(=O)Nc1ccc(-c2ccc(C(=O)CC(CCc3ccccc3)C(=O)OCC)cc2)cc1. The summed E-state index contributed by atoms with van der Waals surface area (Å²) in [6.45, 7) is 4.14. The van der Waals surface area contributed by atoms with E-state index in [9.17, 15) is 14.4 Å². The minimum absolute atomic E-state index is 0.0253. The Labute approximate surface area is 213 Å². The third kappa shape index (κ3) is 8.19. The van der Waals surface area contributed by atoms with Crippen molar-refractivity contribution in [3.8, 4) is 11.1 Å². The first-order chi connectivity index (χ1) is 17.5. The summed E-state index contributed by atoms with van der Waals surface area (Å²) in [7, 11) is 0. The molecule has 3 aromatic carbocycles. The van der Waals surface area contributed by atoms with E-state index in [4.69, 9.17) is 4.74 Å². The molecule has 1 N–H and O–H groups in total. The van der Waals surface area contributed by atoms with Gasteiger partial charge in [-0.25, -0.2) is 0 Å². The largest absolute Gasteiger partial charge is 0.466 e. The maximum atomic E-state index is 13.0. The van der Waals surface area contributed by atoms with Crippen molar-refractivity contribution in [1.29, 1.82) is 0 Å². The van der Waals surface area contributed by atoms with E-state index in [0.717, 1.165) is 35.2 Å². The van der Waals surface area contributed by atoms with Gasteiger partial charge in [0.15, 0.2) is 5.78 Å². The van der Waals surface area contributed by atoms with Crippen molar-refractivity contribution in [2.45, 2.75) is 52.4 Å². The fraction of sp³-hybridized carbons (Fsp3) is 0.323. The van der Waals surface area contributed by atoms with E-state index in [0.29, 0.717) is 31.4 Å². The molecule has 1 unspecified atom stereocenters. The number of unbranched alkanes of at least 4 members (excludes halogenated alkanes) is 1. The van der Waals surface area contributed by atoms with Gasteiger partial charge in [-0.2, -0.15) is 0 Å². The maximum Gasteiger partial charge on any atom is 0.309 e. The zero-order valence-corrected chi connectivity index (χ0v) is 21.2. The lowest BCUT2D eigenvalue weighted by molar-refractivity contribution is -0.148. The summed E-state index contributed by atoms with van der Waals surface area (Å²) in [6, 6.07) is 25.0. The number of amides is 1. The van der Waals surface area contributed by atoms with Gasteiger partial charge in [-0.15, -0.1) is 0 Å². The van der Waals surface area contributed by atoms with E-state index in [1.165, 1.54) is 0 Å². The van der Waals surface area contributed by atoms with Crippen molar-refractivity contribution in [1.82, 2.24) is 0 Å². The molecule has 5 heteroatoms. The second-order valence-electron chi connectivity index (χ2n) is 8.91. The van der Waals surface area contributed by atoms with Gasteiger partial charge >= 0.3 is 5.97 Å². The van der Waals surface area contributed by atoms with Crippen LogP contribution in [0, 0.1) is 5.92 Å². The lowest BCUT2D eigenvalue weighted by atomic mass is 9.92. The monoisotopic (exact) mass is 485 g/mol. The van der Waals surface area contributed by atoms with Crippen LogP contribution in [0.2, 0.25) is 0 Å². The van der Waals surface area contributed by atoms with Gasteiger partial charge in [0.05, 0.1) is 12.5 Å². The summed E-state index contributed by atoms with van der Waals surface area (Å²) in [6.07, 6.45) is 3.79. The smallest absolute Gasteiger partial charge is 0.309 e. The molecule has 36 heavy (non-hydrogen) atoms. The summed E-state index contributed by atoms with van der Waals surface area (Å²) < 4.78 is 5.24. The third-order valence-corrected chi connectivity index (χ3v) is 6.14. The number of benzene rings is 3. The number of hydrogen-bond donors (Lipinski definition) is 1. The number of anilines is 1. The summed E-state index contributed by atoms with van der Waals surface area (Å²) in [4.78, 5) is 37.4. The fourth-order valence-electron chi connectivity index (χ4n) is 4.05. The van der Waals surface area contributed by atoms with Crippen molar-refractivity contribution in [3.05, 3.63) is 90.0 Å². The average molecular weight is 486 g/mol. The van der Waals surface area contributed by atoms with Crippen LogP contribution in [0.4, 0.5) is 5.69 Å². The summed E-state index contributed by atoms with van der Waals surface area (Å²) in [5, 5.41) is 2.91. The molecule has 1 amide bonds. The Balaban J connectivity index is 1.62. The van der Waals surface area contributed by atoms with Crippen LogP contribution in [-0.2, 0) is 20.7 Å². The Morgan fingerprint density at radius 3 is 2.08 bits per heavy atom. The molecular formula is C31H35NO4. The molecule has 0 saturated heterocycles. The van der Waals surface area contributed by atoms with Crippen molar-refractivity contribution < 1.29 is 19.1 Å². The standard InChI is InChI=1S/C31H35NO4/c1-3-5-11-30(34)32-28-20-18-25(19-21-28)24-14-16-26(17-15-24)29(33)22-27(31(35)36-4-2)13-12-23-9-7-6-8-10-23/h6-10,14-21,27H,3-5,11-13,22H2,1-2H3,(H,32,34). The van der Waals surface area contributed by atoms with Crippen LogP contribution in [0.15, 0.2) is 78.9 Å². The van der Waals surface area contributed by atoms with E-state index in [-0.39, 0.29) is 24.1 Å². The lowest BCUT2D eigenvalue weighted by Gasteiger charge is -2.15. The lowest BCUT2D eigenvalue weighted by Crippen LogP contribution is -2.22. The van der Waals surface area contributed by atoms with Gasteiger partial charge < -0.3 is 10.1 Å². The van der Waals surface area contributed by atoms with Crippen molar-refractivity contribution in [3.63, 3.8) is 0 Å². The predicted molar refractivity (Wildman–Crippen MR) is 144 cm³/mol. The van der Waals surface area contributed by atoms with Crippen LogP contribution in [0.3, 0.4) is 0 Å². The number of carbonyl (C=O) groups is 3. The van der Waals surface area contributed by atoms with Crippen LogP contribution < -0.4 is 5.32 Å². The van der Waals surface area contributed by atoms with Crippen molar-refractivity contribution >= 4 is 23.3 Å². The molecule has 0 aliphatic rings. The number of ketones is 1. The number of ether oxygens (including phenoxy) is 1. The molecule has 0 spiro atoms. The van der Waals surface area contributed by atoms with Gasteiger partial charge in [-0.3, -0.25) is 14.4 Å². The summed E-state index contributed by atoms with van der Waals surface area (Å²) in [5.74, 6) is -0.840. The van der Waals surface area contributed by atoms with E-state index in [1.807, 2.05) is 66.7 Å². The Bertz CT molecular complexity index is 1120. The van der Waals surface area contributed by atoms with Crippen LogP contribution in [0.25, 0.3) is 11.1 Å². The van der Waals surface area contributed by atoms with Gasteiger partial charge in [0, 0.05) is 24.1 Å². The first kappa shape index (κ1) is 26.9. The van der Waals surface area contributed by atoms with E-state index in [1.54, 1.807) is 19.1 Å². The Morgan fingerprint density at radius 2 is 1.47 bits per heavy atom. The molecule has 3 rings (SSSR count). The Kier molecular flexibility index (Phi) is 10.4. The second-order valence-corrected chi connectivity index (χ2v) is 8.91. The molecular weight excluding hydrogens is 450 g/mol. The molecule has 3 aromatic rings. The molecule has 0 radical (unpaired) electrons. The number of Topliss-reactive ketones (excluding diaryl/α,β-unsaturated/α-hetero) is 1. The first-order valence-electron chi connectivity index (χ1n) is 12.7.